The topological polar surface area (TPSA) is 21.8 Å². The van der Waals surface area contributed by atoms with Crippen LogP contribution < -0.4 is 9.47 Å². The first-order valence-corrected chi connectivity index (χ1v) is 3.46. The minimum Gasteiger partial charge on any atom is -0.485 e. The number of fused-ring (bicyclic) bond motifs is 1. The highest BCUT2D eigenvalue weighted by Gasteiger charge is 2.24. The van der Waals surface area contributed by atoms with E-state index in [2.05, 4.69) is 6.58 Å². The van der Waals surface area contributed by atoms with Gasteiger partial charge in [-0.1, -0.05) is 18.7 Å². The fraction of sp³-hybridized carbons (Fsp3) is 0.111. The molecule has 0 saturated heterocycles. The van der Waals surface area contributed by atoms with Gasteiger partial charge in [0.15, 0.2) is 11.5 Å². The fourth-order valence-electron chi connectivity index (χ4n) is 0.927. The van der Waals surface area contributed by atoms with Crippen LogP contribution in [0.3, 0.4) is 0 Å². The van der Waals surface area contributed by atoms with E-state index in [1.54, 1.807) is 6.08 Å². The average Bonchev–Trinajstić information content (AvgIpc) is 2.79. The predicted molar refractivity (Wildman–Crippen MR) is 42.2 cm³/mol. The second-order valence-corrected chi connectivity index (χ2v) is 2.29. The lowest BCUT2D eigenvalue weighted by Crippen LogP contribution is -1.90. The molecule has 1 aliphatic rings. The molecule has 0 amide bonds. The largest absolute Gasteiger partial charge is 0.485 e. The SMILES string of the molecule is C=CCOc1cccc2c1O2. The molecule has 56 valence electrons. The monoisotopic (exact) mass is 148 g/mol. The molecule has 0 atom stereocenters. The number of para-hydroxylation sites is 1. The normalized spacial score (nSPS) is 11.3. The summed E-state index contributed by atoms with van der Waals surface area (Å²) in [7, 11) is 0. The molecule has 0 aliphatic carbocycles. The maximum atomic E-state index is 5.29. The molecule has 0 aromatic heterocycles. The predicted octanol–water partition coefficient (Wildman–Crippen LogP) is 2.36. The Balaban J connectivity index is 2.14. The van der Waals surface area contributed by atoms with Gasteiger partial charge in [-0.2, -0.15) is 0 Å². The second kappa shape index (κ2) is 2.31. The lowest BCUT2D eigenvalue weighted by molar-refractivity contribution is 0.359. The molecule has 0 unspecified atom stereocenters. The van der Waals surface area contributed by atoms with Crippen molar-refractivity contribution in [2.75, 3.05) is 6.61 Å². The van der Waals surface area contributed by atoms with Crippen LogP contribution in [0.4, 0.5) is 0 Å². The summed E-state index contributed by atoms with van der Waals surface area (Å²) >= 11 is 0. The van der Waals surface area contributed by atoms with Crippen LogP contribution in [0.15, 0.2) is 30.9 Å². The van der Waals surface area contributed by atoms with E-state index in [1.165, 1.54) is 0 Å². The van der Waals surface area contributed by atoms with Crippen molar-refractivity contribution in [2.24, 2.45) is 0 Å². The number of ether oxygens (including phenoxy) is 2. The molecule has 0 saturated carbocycles. The summed E-state index contributed by atoms with van der Waals surface area (Å²) in [6, 6.07) is 5.70. The van der Waals surface area contributed by atoms with Gasteiger partial charge >= 0.3 is 0 Å². The van der Waals surface area contributed by atoms with Crippen LogP contribution in [-0.4, -0.2) is 6.61 Å². The minimum absolute atomic E-state index is 0.528. The Kier molecular flexibility index (Phi) is 1.32. The molecule has 0 fully saturated rings. The molecule has 0 radical (unpaired) electrons. The Morgan fingerprint density at radius 2 is 2.45 bits per heavy atom. The van der Waals surface area contributed by atoms with Crippen LogP contribution in [-0.2, 0) is 0 Å². The smallest absolute Gasteiger partial charge is 0.211 e. The van der Waals surface area contributed by atoms with E-state index in [0.29, 0.717) is 6.61 Å². The standard InChI is InChI=1S/C9H8O2/c1-2-6-10-7-4-3-5-8-9(7)11-8/h2-5H,1,6H2. The van der Waals surface area contributed by atoms with Gasteiger partial charge in [0.2, 0.25) is 5.75 Å². The van der Waals surface area contributed by atoms with Crippen molar-refractivity contribution in [2.45, 2.75) is 0 Å². The summed E-state index contributed by atoms with van der Waals surface area (Å²) in [4.78, 5) is 0. The Morgan fingerprint density at radius 3 is 3.27 bits per heavy atom. The molecule has 0 N–H and O–H groups in total. The molecule has 2 rings (SSSR count). The molecule has 1 aromatic rings. The van der Waals surface area contributed by atoms with Crippen LogP contribution in [0.25, 0.3) is 0 Å². The van der Waals surface area contributed by atoms with E-state index in [9.17, 15) is 0 Å². The van der Waals surface area contributed by atoms with Crippen molar-refractivity contribution < 1.29 is 9.47 Å². The molecular weight excluding hydrogens is 140 g/mol. The van der Waals surface area contributed by atoms with Crippen LogP contribution in [0, 0.1) is 0 Å². The Labute approximate surface area is 65.1 Å². The zero-order valence-electron chi connectivity index (χ0n) is 6.04. The van der Waals surface area contributed by atoms with Gasteiger partial charge in [-0.05, 0) is 12.1 Å². The second-order valence-electron chi connectivity index (χ2n) is 2.29. The third-order valence-corrected chi connectivity index (χ3v) is 1.47. The van der Waals surface area contributed by atoms with Crippen molar-refractivity contribution in [1.82, 2.24) is 0 Å². The Hall–Kier alpha value is -1.44. The highest BCUT2D eigenvalue weighted by atomic mass is 16.6. The van der Waals surface area contributed by atoms with E-state index in [4.69, 9.17) is 9.47 Å². The first-order valence-electron chi connectivity index (χ1n) is 3.46. The molecule has 1 aliphatic heterocycles. The van der Waals surface area contributed by atoms with Gasteiger partial charge in [-0.25, -0.2) is 0 Å². The van der Waals surface area contributed by atoms with Gasteiger partial charge < -0.3 is 9.47 Å². The zero-order valence-corrected chi connectivity index (χ0v) is 6.04. The summed E-state index contributed by atoms with van der Waals surface area (Å²) in [6.45, 7) is 4.08. The van der Waals surface area contributed by atoms with Crippen LogP contribution >= 0.6 is 0 Å². The van der Waals surface area contributed by atoms with E-state index in [-0.39, 0.29) is 0 Å². The van der Waals surface area contributed by atoms with Gasteiger partial charge in [-0.15, -0.1) is 0 Å². The van der Waals surface area contributed by atoms with E-state index in [1.807, 2.05) is 18.2 Å². The zero-order chi connectivity index (χ0) is 7.68. The number of hydrogen-bond acceptors (Lipinski definition) is 2. The molecular formula is C9H8O2. The van der Waals surface area contributed by atoms with Gasteiger partial charge in [0.25, 0.3) is 0 Å². The Morgan fingerprint density at radius 1 is 1.55 bits per heavy atom. The highest BCUT2D eigenvalue weighted by Crippen LogP contribution is 2.51. The average molecular weight is 148 g/mol. The third-order valence-electron chi connectivity index (χ3n) is 1.47. The van der Waals surface area contributed by atoms with Crippen molar-refractivity contribution in [1.29, 1.82) is 0 Å². The molecule has 0 spiro atoms. The summed E-state index contributed by atoms with van der Waals surface area (Å²) < 4.78 is 10.4. The van der Waals surface area contributed by atoms with E-state index in [0.717, 1.165) is 17.2 Å². The molecule has 2 heteroatoms. The van der Waals surface area contributed by atoms with Crippen LogP contribution in [0.5, 0.6) is 17.2 Å². The summed E-state index contributed by atoms with van der Waals surface area (Å²) in [5, 5.41) is 0. The number of hydrogen-bond donors (Lipinski definition) is 0. The van der Waals surface area contributed by atoms with Crippen molar-refractivity contribution in [3.05, 3.63) is 30.9 Å². The lowest BCUT2D eigenvalue weighted by atomic mass is 10.3. The first-order chi connectivity index (χ1) is 5.42. The Bertz CT molecular complexity index is 292. The molecule has 0 bridgehead atoms. The maximum absolute atomic E-state index is 5.29. The molecule has 11 heavy (non-hydrogen) atoms. The van der Waals surface area contributed by atoms with Crippen molar-refractivity contribution in [3.63, 3.8) is 0 Å². The van der Waals surface area contributed by atoms with Crippen LogP contribution in [0.1, 0.15) is 0 Å². The minimum atomic E-state index is 0.528. The highest BCUT2D eigenvalue weighted by molar-refractivity contribution is 5.62. The molecule has 2 nitrogen and oxygen atoms in total. The quantitative estimate of drug-likeness (QED) is 0.492. The van der Waals surface area contributed by atoms with Gasteiger partial charge in [0, 0.05) is 0 Å². The van der Waals surface area contributed by atoms with Gasteiger partial charge in [0.05, 0.1) is 0 Å². The van der Waals surface area contributed by atoms with Crippen molar-refractivity contribution in [3.8, 4) is 17.2 Å². The lowest BCUT2D eigenvalue weighted by Gasteiger charge is -1.97. The summed E-state index contributed by atoms with van der Waals surface area (Å²) in [5.41, 5.74) is 0. The third kappa shape index (κ3) is 1.07. The first kappa shape index (κ1) is 6.28. The van der Waals surface area contributed by atoms with Gasteiger partial charge in [0.1, 0.15) is 6.61 Å². The number of rotatable bonds is 3. The van der Waals surface area contributed by atoms with E-state index < -0.39 is 0 Å². The maximum Gasteiger partial charge on any atom is 0.211 e. The van der Waals surface area contributed by atoms with E-state index >= 15 is 0 Å². The number of benzene rings is 1. The van der Waals surface area contributed by atoms with Gasteiger partial charge in [-0.3, -0.25) is 0 Å². The fourth-order valence-corrected chi connectivity index (χ4v) is 0.927. The summed E-state index contributed by atoms with van der Waals surface area (Å²) in [6.07, 6.45) is 1.71. The van der Waals surface area contributed by atoms with Crippen LogP contribution in [0.2, 0.25) is 0 Å². The summed E-state index contributed by atoms with van der Waals surface area (Å²) in [5.74, 6) is 2.60. The van der Waals surface area contributed by atoms with Crippen molar-refractivity contribution >= 4 is 0 Å². The molecule has 1 aromatic carbocycles. The molecule has 1 heterocycles.